The molecule has 2 fully saturated rings. The van der Waals surface area contributed by atoms with Crippen LogP contribution in [-0.2, 0) is 0 Å². The summed E-state index contributed by atoms with van der Waals surface area (Å²) < 4.78 is 42.6. The van der Waals surface area contributed by atoms with Crippen molar-refractivity contribution in [1.29, 1.82) is 5.26 Å². The van der Waals surface area contributed by atoms with Gasteiger partial charge in [-0.15, -0.1) is 0 Å². The van der Waals surface area contributed by atoms with Gasteiger partial charge in [0.25, 0.3) is 0 Å². The number of nitrogens with zero attached hydrogens (tertiary/aromatic N) is 4. The molecule has 5 rings (SSSR count). The van der Waals surface area contributed by atoms with Crippen molar-refractivity contribution in [3.63, 3.8) is 0 Å². The minimum absolute atomic E-state index is 0.210. The summed E-state index contributed by atoms with van der Waals surface area (Å²) in [4.78, 5) is 11.6. The van der Waals surface area contributed by atoms with E-state index in [-0.39, 0.29) is 5.56 Å². The fourth-order valence-corrected chi connectivity index (χ4v) is 4.24. The van der Waals surface area contributed by atoms with Crippen LogP contribution in [0.2, 0.25) is 0 Å². The maximum Gasteiger partial charge on any atom is 0.172 e. The highest BCUT2D eigenvalue weighted by molar-refractivity contribution is 5.82. The summed E-state index contributed by atoms with van der Waals surface area (Å²) in [6.45, 7) is 1.08. The van der Waals surface area contributed by atoms with Gasteiger partial charge in [0.2, 0.25) is 0 Å². The van der Waals surface area contributed by atoms with Gasteiger partial charge in [0, 0.05) is 24.7 Å². The topological polar surface area (TPSA) is 64.8 Å². The van der Waals surface area contributed by atoms with Crippen LogP contribution in [0.1, 0.15) is 43.0 Å². The van der Waals surface area contributed by atoms with Gasteiger partial charge in [-0.2, -0.15) is 5.26 Å². The number of piperidine rings is 1. The third-order valence-corrected chi connectivity index (χ3v) is 6.20. The van der Waals surface area contributed by atoms with Crippen LogP contribution in [0.4, 0.5) is 24.8 Å². The molecule has 3 aromatic rings. The van der Waals surface area contributed by atoms with Crippen LogP contribution in [0, 0.1) is 28.9 Å². The van der Waals surface area contributed by atoms with Crippen molar-refractivity contribution in [2.24, 2.45) is 5.92 Å². The number of alkyl halides is 1. The normalized spacial score (nSPS) is 17.9. The van der Waals surface area contributed by atoms with Gasteiger partial charge in [0.1, 0.15) is 17.8 Å². The number of anilines is 2. The van der Waals surface area contributed by atoms with Gasteiger partial charge in [0.15, 0.2) is 11.6 Å². The van der Waals surface area contributed by atoms with Crippen molar-refractivity contribution >= 4 is 22.7 Å². The zero-order chi connectivity index (χ0) is 22.2. The fourth-order valence-electron chi connectivity index (χ4n) is 4.24. The molecule has 32 heavy (non-hydrogen) atoms. The first-order valence-electron chi connectivity index (χ1n) is 10.8. The van der Waals surface area contributed by atoms with Gasteiger partial charge in [-0.25, -0.2) is 23.1 Å². The predicted molar refractivity (Wildman–Crippen MR) is 116 cm³/mol. The van der Waals surface area contributed by atoms with E-state index in [2.05, 4.69) is 16.3 Å². The van der Waals surface area contributed by atoms with Crippen molar-refractivity contribution in [2.45, 2.75) is 37.9 Å². The van der Waals surface area contributed by atoms with E-state index in [0.717, 1.165) is 31.0 Å². The summed E-state index contributed by atoms with van der Waals surface area (Å²) >= 11 is 0. The Bertz CT molecular complexity index is 1200. The van der Waals surface area contributed by atoms with E-state index in [0.29, 0.717) is 60.2 Å². The molecule has 0 amide bonds. The van der Waals surface area contributed by atoms with E-state index in [4.69, 9.17) is 15.2 Å². The maximum absolute atomic E-state index is 15.0. The van der Waals surface area contributed by atoms with Crippen LogP contribution in [-0.4, -0.2) is 29.1 Å². The van der Waals surface area contributed by atoms with Crippen molar-refractivity contribution in [2.75, 3.05) is 23.3 Å². The second kappa shape index (κ2) is 8.30. The molecule has 1 N–H and O–H groups in total. The number of hydrogen-bond donors (Lipinski definition) is 1. The molecule has 1 unspecified atom stereocenters. The molecule has 1 saturated heterocycles. The van der Waals surface area contributed by atoms with E-state index < -0.39 is 23.7 Å². The Labute approximate surface area is 183 Å². The Morgan fingerprint density at radius 1 is 1.00 bits per heavy atom. The number of nitriles is 1. The molecule has 1 saturated carbocycles. The standard InChI is InChI=1S/C24H22F3N5/c25-16-2-5-19(26)18(12-16)22(27)15-7-9-32(10-8-15)24-23(29-17-3-4-17)30-21-11-14(13-28)1-6-20(21)31-24/h1-2,5-6,11-12,15,17,22H,3-4,7-10H2,(H,29,30). The number of benzene rings is 2. The Kier molecular flexibility index (Phi) is 5.33. The first-order chi connectivity index (χ1) is 15.5. The Hall–Kier alpha value is -3.34. The van der Waals surface area contributed by atoms with Crippen molar-refractivity contribution in [3.05, 3.63) is 59.2 Å². The molecule has 0 radical (unpaired) electrons. The van der Waals surface area contributed by atoms with Crippen molar-refractivity contribution in [1.82, 2.24) is 9.97 Å². The smallest absolute Gasteiger partial charge is 0.172 e. The monoisotopic (exact) mass is 437 g/mol. The maximum atomic E-state index is 15.0. The van der Waals surface area contributed by atoms with Crippen LogP contribution in [0.15, 0.2) is 36.4 Å². The lowest BCUT2D eigenvalue weighted by atomic mass is 9.88. The molecule has 8 heteroatoms. The second-order valence-corrected chi connectivity index (χ2v) is 8.52. The SMILES string of the molecule is N#Cc1ccc2nc(N3CCC(C(F)c4cc(F)ccc4F)CC3)c(NC3CC3)nc2c1. The number of rotatable bonds is 5. The lowest BCUT2D eigenvalue weighted by molar-refractivity contribution is 0.193. The zero-order valence-corrected chi connectivity index (χ0v) is 17.4. The van der Waals surface area contributed by atoms with Gasteiger partial charge in [0.05, 0.1) is 22.7 Å². The van der Waals surface area contributed by atoms with Crippen LogP contribution in [0.5, 0.6) is 0 Å². The summed E-state index contributed by atoms with van der Waals surface area (Å²) in [5.74, 6) is -0.368. The molecule has 1 atom stereocenters. The summed E-state index contributed by atoms with van der Waals surface area (Å²) in [6, 6.07) is 10.6. The lowest BCUT2D eigenvalue weighted by Crippen LogP contribution is -2.36. The van der Waals surface area contributed by atoms with Gasteiger partial charge in [-0.05, 0) is 68.0 Å². The molecular formula is C24H22F3N5. The van der Waals surface area contributed by atoms with Crippen molar-refractivity contribution in [3.8, 4) is 6.07 Å². The average molecular weight is 437 g/mol. The van der Waals surface area contributed by atoms with E-state index >= 15 is 4.39 Å². The van der Waals surface area contributed by atoms with Crippen LogP contribution < -0.4 is 10.2 Å². The minimum Gasteiger partial charge on any atom is -0.364 e. The third kappa shape index (κ3) is 4.07. The molecule has 164 valence electrons. The first kappa shape index (κ1) is 20.6. The quantitative estimate of drug-likeness (QED) is 0.588. The molecular weight excluding hydrogens is 415 g/mol. The van der Waals surface area contributed by atoms with Gasteiger partial charge < -0.3 is 10.2 Å². The van der Waals surface area contributed by atoms with E-state index in [1.165, 1.54) is 0 Å². The molecule has 1 aromatic heterocycles. The second-order valence-electron chi connectivity index (χ2n) is 8.52. The summed E-state index contributed by atoms with van der Waals surface area (Å²) in [5.41, 5.74) is 1.65. The zero-order valence-electron chi connectivity index (χ0n) is 17.4. The molecule has 2 aromatic carbocycles. The van der Waals surface area contributed by atoms with Crippen LogP contribution >= 0.6 is 0 Å². The summed E-state index contributed by atoms with van der Waals surface area (Å²) in [6.07, 6.45) is 1.58. The van der Waals surface area contributed by atoms with E-state index in [1.54, 1.807) is 18.2 Å². The number of fused-ring (bicyclic) bond motifs is 1. The number of nitrogens with one attached hydrogen (secondary N) is 1. The van der Waals surface area contributed by atoms with E-state index in [9.17, 15) is 8.78 Å². The predicted octanol–water partition coefficient (Wildman–Crippen LogP) is 5.28. The molecule has 2 heterocycles. The largest absolute Gasteiger partial charge is 0.364 e. The molecule has 5 nitrogen and oxygen atoms in total. The number of hydrogen-bond acceptors (Lipinski definition) is 5. The van der Waals surface area contributed by atoms with Crippen LogP contribution in [0.3, 0.4) is 0 Å². The Morgan fingerprint density at radius 3 is 2.50 bits per heavy atom. The summed E-state index contributed by atoms with van der Waals surface area (Å²) in [7, 11) is 0. The van der Waals surface area contributed by atoms with Crippen LogP contribution in [0.25, 0.3) is 11.0 Å². The van der Waals surface area contributed by atoms with Gasteiger partial charge in [-0.3, -0.25) is 0 Å². The Morgan fingerprint density at radius 2 is 1.78 bits per heavy atom. The third-order valence-electron chi connectivity index (χ3n) is 6.20. The number of halogens is 3. The summed E-state index contributed by atoms with van der Waals surface area (Å²) in [5, 5.41) is 12.6. The van der Waals surface area contributed by atoms with E-state index in [1.807, 2.05) is 0 Å². The molecule has 1 aliphatic heterocycles. The van der Waals surface area contributed by atoms with Gasteiger partial charge >= 0.3 is 0 Å². The fraction of sp³-hybridized carbons (Fsp3) is 0.375. The average Bonchev–Trinajstić information content (AvgIpc) is 3.63. The van der Waals surface area contributed by atoms with Crippen molar-refractivity contribution < 1.29 is 13.2 Å². The molecule has 0 spiro atoms. The highest BCUT2D eigenvalue weighted by Gasteiger charge is 2.32. The highest BCUT2D eigenvalue weighted by Crippen LogP contribution is 2.38. The minimum atomic E-state index is -1.55. The number of aromatic nitrogens is 2. The molecule has 0 bridgehead atoms. The lowest BCUT2D eigenvalue weighted by Gasteiger charge is -2.35. The first-order valence-corrected chi connectivity index (χ1v) is 10.8. The Balaban J connectivity index is 1.38. The molecule has 2 aliphatic rings. The highest BCUT2D eigenvalue weighted by atomic mass is 19.1. The van der Waals surface area contributed by atoms with Gasteiger partial charge in [-0.1, -0.05) is 0 Å². The molecule has 1 aliphatic carbocycles.